The summed E-state index contributed by atoms with van der Waals surface area (Å²) in [5.74, 6) is 0. The van der Waals surface area contributed by atoms with Gasteiger partial charge in [0.05, 0.1) is 18.6 Å². The molecule has 2 heterocycles. The van der Waals surface area contributed by atoms with Crippen molar-refractivity contribution in [1.29, 1.82) is 0 Å². The Morgan fingerprint density at radius 3 is 3.00 bits per heavy atom. The number of pyridine rings is 1. The minimum atomic E-state index is -0.544. The lowest BCUT2D eigenvalue weighted by Crippen LogP contribution is -2.03. The molecule has 3 heteroatoms. The second-order valence-electron chi connectivity index (χ2n) is 3.54. The van der Waals surface area contributed by atoms with Crippen LogP contribution in [0.2, 0.25) is 0 Å². The molecule has 0 radical (unpaired) electrons. The molecule has 15 heavy (non-hydrogen) atoms. The van der Waals surface area contributed by atoms with Gasteiger partial charge in [-0.25, -0.2) is 0 Å². The summed E-state index contributed by atoms with van der Waals surface area (Å²) in [6.45, 7) is 1.99. The molecule has 0 spiro atoms. The number of aliphatic hydroxyl groups excluding tert-OH is 1. The summed E-state index contributed by atoms with van der Waals surface area (Å²) in [6.07, 6.45) is 4.83. The highest BCUT2D eigenvalue weighted by atomic mass is 16.3. The van der Waals surface area contributed by atoms with E-state index in [9.17, 15) is 5.11 Å². The van der Waals surface area contributed by atoms with Gasteiger partial charge in [-0.3, -0.25) is 4.98 Å². The summed E-state index contributed by atoms with van der Waals surface area (Å²) in [5.41, 5.74) is 2.81. The third kappa shape index (κ3) is 2.25. The Morgan fingerprint density at radius 1 is 1.47 bits per heavy atom. The highest BCUT2D eigenvalue weighted by molar-refractivity contribution is 5.20. The van der Waals surface area contributed by atoms with E-state index in [0.29, 0.717) is 6.42 Å². The fraction of sp³-hybridized carbons (Fsp3) is 0.250. The summed E-state index contributed by atoms with van der Waals surface area (Å²) < 4.78 is 4.92. The zero-order valence-electron chi connectivity index (χ0n) is 8.55. The minimum absolute atomic E-state index is 0.520. The quantitative estimate of drug-likeness (QED) is 0.832. The average molecular weight is 203 g/mol. The number of rotatable bonds is 3. The second-order valence-corrected chi connectivity index (χ2v) is 3.54. The predicted molar refractivity (Wildman–Crippen MR) is 56.3 cm³/mol. The Balaban J connectivity index is 2.13. The molecule has 0 aliphatic heterocycles. The van der Waals surface area contributed by atoms with Crippen molar-refractivity contribution in [3.8, 4) is 0 Å². The Morgan fingerprint density at radius 2 is 2.33 bits per heavy atom. The lowest BCUT2D eigenvalue weighted by Gasteiger charge is -2.09. The van der Waals surface area contributed by atoms with Crippen molar-refractivity contribution in [2.75, 3.05) is 0 Å². The van der Waals surface area contributed by atoms with Crippen molar-refractivity contribution in [2.45, 2.75) is 19.4 Å². The van der Waals surface area contributed by atoms with Crippen LogP contribution in [0.25, 0.3) is 0 Å². The summed E-state index contributed by atoms with van der Waals surface area (Å²) in [7, 11) is 0. The van der Waals surface area contributed by atoms with Gasteiger partial charge in [0.2, 0.25) is 0 Å². The van der Waals surface area contributed by atoms with Crippen molar-refractivity contribution < 1.29 is 9.52 Å². The van der Waals surface area contributed by atoms with E-state index in [1.54, 1.807) is 24.8 Å². The van der Waals surface area contributed by atoms with E-state index in [4.69, 9.17) is 4.42 Å². The maximum atomic E-state index is 9.89. The first-order chi connectivity index (χ1) is 7.27. The molecule has 1 N–H and O–H groups in total. The molecule has 1 unspecified atom stereocenters. The number of aryl methyl sites for hydroxylation is 1. The van der Waals surface area contributed by atoms with Crippen LogP contribution in [-0.2, 0) is 6.42 Å². The van der Waals surface area contributed by atoms with Gasteiger partial charge < -0.3 is 9.52 Å². The van der Waals surface area contributed by atoms with Crippen molar-refractivity contribution in [1.82, 2.24) is 4.98 Å². The summed E-state index contributed by atoms with van der Waals surface area (Å²) in [6, 6.07) is 5.65. The predicted octanol–water partition coefficient (Wildman–Crippen LogP) is 2.26. The van der Waals surface area contributed by atoms with Gasteiger partial charge in [0.1, 0.15) is 0 Å². The van der Waals surface area contributed by atoms with Gasteiger partial charge in [-0.05, 0) is 24.6 Å². The molecular weight excluding hydrogens is 190 g/mol. The summed E-state index contributed by atoms with van der Waals surface area (Å²) >= 11 is 0. The number of aromatic nitrogens is 1. The van der Waals surface area contributed by atoms with Crippen molar-refractivity contribution >= 4 is 0 Å². The van der Waals surface area contributed by atoms with E-state index in [2.05, 4.69) is 4.98 Å². The molecule has 1 atom stereocenters. The zero-order chi connectivity index (χ0) is 10.7. The van der Waals surface area contributed by atoms with E-state index in [1.165, 1.54) is 0 Å². The van der Waals surface area contributed by atoms with Crippen LogP contribution in [0, 0.1) is 6.92 Å². The van der Waals surface area contributed by atoms with E-state index in [-0.39, 0.29) is 0 Å². The molecule has 0 aliphatic rings. The summed E-state index contributed by atoms with van der Waals surface area (Å²) in [4.78, 5) is 4.24. The Bertz CT molecular complexity index is 423. The van der Waals surface area contributed by atoms with Crippen LogP contribution in [0.5, 0.6) is 0 Å². The highest BCUT2D eigenvalue weighted by Crippen LogP contribution is 2.18. The molecule has 0 bridgehead atoms. The van der Waals surface area contributed by atoms with E-state index in [1.807, 2.05) is 19.1 Å². The minimum Gasteiger partial charge on any atom is -0.472 e. The molecule has 0 saturated heterocycles. The largest absolute Gasteiger partial charge is 0.472 e. The molecule has 0 amide bonds. The normalized spacial score (nSPS) is 12.7. The first-order valence-electron chi connectivity index (χ1n) is 4.88. The van der Waals surface area contributed by atoms with Crippen LogP contribution in [-0.4, -0.2) is 10.1 Å². The first-order valence-corrected chi connectivity index (χ1v) is 4.88. The molecule has 78 valence electrons. The third-order valence-electron chi connectivity index (χ3n) is 2.43. The Hall–Kier alpha value is -1.61. The molecule has 0 aliphatic carbocycles. The monoisotopic (exact) mass is 203 g/mol. The third-order valence-corrected chi connectivity index (χ3v) is 2.43. The smallest absolute Gasteiger partial charge is 0.0960 e. The molecule has 0 fully saturated rings. The van der Waals surface area contributed by atoms with Crippen molar-refractivity contribution in [3.63, 3.8) is 0 Å². The fourth-order valence-corrected chi connectivity index (χ4v) is 1.50. The van der Waals surface area contributed by atoms with Crippen LogP contribution in [0.15, 0.2) is 41.3 Å². The van der Waals surface area contributed by atoms with Crippen molar-refractivity contribution in [2.24, 2.45) is 0 Å². The van der Waals surface area contributed by atoms with E-state index in [0.717, 1.165) is 16.8 Å². The van der Waals surface area contributed by atoms with Crippen LogP contribution in [0.3, 0.4) is 0 Å². The number of hydrogen-bond donors (Lipinski definition) is 1. The van der Waals surface area contributed by atoms with Crippen LogP contribution < -0.4 is 0 Å². The Kier molecular flexibility index (Phi) is 2.83. The van der Waals surface area contributed by atoms with Gasteiger partial charge in [0.15, 0.2) is 0 Å². The molecule has 2 aromatic rings. The Labute approximate surface area is 88.4 Å². The topological polar surface area (TPSA) is 46.3 Å². The van der Waals surface area contributed by atoms with E-state index >= 15 is 0 Å². The first kappa shape index (κ1) is 9.93. The molecule has 2 rings (SSSR count). The highest BCUT2D eigenvalue weighted by Gasteiger charge is 2.11. The lowest BCUT2D eigenvalue weighted by molar-refractivity contribution is 0.176. The second kappa shape index (κ2) is 4.28. The van der Waals surface area contributed by atoms with Gasteiger partial charge in [-0.15, -0.1) is 0 Å². The van der Waals surface area contributed by atoms with Crippen LogP contribution in [0.4, 0.5) is 0 Å². The lowest BCUT2D eigenvalue weighted by atomic mass is 10.1. The molecule has 3 nitrogen and oxygen atoms in total. The molecule has 0 saturated carbocycles. The zero-order valence-corrected chi connectivity index (χ0v) is 8.55. The standard InChI is InChI=1S/C12H13NO2/c1-9-3-2-5-13-11(9)7-12(14)10-4-6-15-8-10/h2-6,8,12,14H,7H2,1H3. The van der Waals surface area contributed by atoms with Crippen molar-refractivity contribution in [3.05, 3.63) is 53.7 Å². The molecule has 0 aromatic carbocycles. The molecule has 2 aromatic heterocycles. The maximum Gasteiger partial charge on any atom is 0.0960 e. The van der Waals surface area contributed by atoms with Crippen LogP contribution >= 0.6 is 0 Å². The van der Waals surface area contributed by atoms with Gasteiger partial charge in [0.25, 0.3) is 0 Å². The van der Waals surface area contributed by atoms with Gasteiger partial charge >= 0.3 is 0 Å². The van der Waals surface area contributed by atoms with E-state index < -0.39 is 6.10 Å². The number of furan rings is 1. The maximum absolute atomic E-state index is 9.89. The molecular formula is C12H13NO2. The number of aliphatic hydroxyl groups is 1. The van der Waals surface area contributed by atoms with Gasteiger partial charge in [-0.1, -0.05) is 6.07 Å². The van der Waals surface area contributed by atoms with Crippen LogP contribution in [0.1, 0.15) is 22.9 Å². The average Bonchev–Trinajstić information content (AvgIpc) is 2.74. The summed E-state index contributed by atoms with van der Waals surface area (Å²) in [5, 5.41) is 9.89. The SMILES string of the molecule is Cc1cccnc1CC(O)c1ccoc1. The fourth-order valence-electron chi connectivity index (χ4n) is 1.50. The van der Waals surface area contributed by atoms with Gasteiger partial charge in [-0.2, -0.15) is 0 Å². The number of nitrogens with zero attached hydrogens (tertiary/aromatic N) is 1. The van der Waals surface area contributed by atoms with Gasteiger partial charge in [0, 0.05) is 23.9 Å². The number of hydrogen-bond acceptors (Lipinski definition) is 3.